The third kappa shape index (κ3) is 2.59. The summed E-state index contributed by atoms with van der Waals surface area (Å²) < 4.78 is 2.36. The number of para-hydroxylation sites is 2. The van der Waals surface area contributed by atoms with E-state index < -0.39 is 0 Å². The SMILES string of the molecule is CCn1c(CC(NC)C2CCSC2)nc2ccccc21. The Hall–Kier alpha value is -1.00. The molecule has 2 heterocycles. The van der Waals surface area contributed by atoms with E-state index in [1.807, 2.05) is 0 Å². The molecule has 0 amide bonds. The zero-order chi connectivity index (χ0) is 13.9. The summed E-state index contributed by atoms with van der Waals surface area (Å²) in [5.74, 6) is 4.62. The lowest BCUT2D eigenvalue weighted by molar-refractivity contribution is 0.394. The Labute approximate surface area is 125 Å². The molecule has 0 radical (unpaired) electrons. The Kier molecular flexibility index (Phi) is 4.32. The van der Waals surface area contributed by atoms with Crippen LogP contribution in [0, 0.1) is 5.92 Å². The first-order valence-corrected chi connectivity index (χ1v) is 8.68. The van der Waals surface area contributed by atoms with Crippen LogP contribution < -0.4 is 5.32 Å². The van der Waals surface area contributed by atoms with Crippen LogP contribution in [0.4, 0.5) is 0 Å². The van der Waals surface area contributed by atoms with Crippen molar-refractivity contribution in [3.05, 3.63) is 30.1 Å². The van der Waals surface area contributed by atoms with E-state index in [1.165, 1.54) is 29.3 Å². The summed E-state index contributed by atoms with van der Waals surface area (Å²) in [5.41, 5.74) is 2.39. The smallest absolute Gasteiger partial charge is 0.111 e. The van der Waals surface area contributed by atoms with E-state index in [9.17, 15) is 0 Å². The van der Waals surface area contributed by atoms with Crippen LogP contribution in [0.3, 0.4) is 0 Å². The van der Waals surface area contributed by atoms with Crippen molar-refractivity contribution < 1.29 is 0 Å². The number of thioether (sulfide) groups is 1. The average Bonchev–Trinajstić information content (AvgIpc) is 3.11. The Bertz CT molecular complexity index is 572. The van der Waals surface area contributed by atoms with Crippen LogP contribution in [-0.4, -0.2) is 34.1 Å². The van der Waals surface area contributed by atoms with Crippen molar-refractivity contribution in [1.29, 1.82) is 0 Å². The van der Waals surface area contributed by atoms with Crippen molar-refractivity contribution >= 4 is 22.8 Å². The summed E-state index contributed by atoms with van der Waals surface area (Å²) >= 11 is 2.08. The molecule has 1 aliphatic rings. The summed E-state index contributed by atoms with van der Waals surface area (Å²) in [6, 6.07) is 9.01. The van der Waals surface area contributed by atoms with E-state index in [2.05, 4.69) is 59.9 Å². The highest BCUT2D eigenvalue weighted by atomic mass is 32.2. The molecule has 0 bridgehead atoms. The lowest BCUT2D eigenvalue weighted by Gasteiger charge is -2.22. The second-order valence-electron chi connectivity index (χ2n) is 5.48. The van der Waals surface area contributed by atoms with E-state index in [0.717, 1.165) is 24.4 Å². The Balaban J connectivity index is 1.88. The van der Waals surface area contributed by atoms with Gasteiger partial charge in [0, 0.05) is 19.0 Å². The molecule has 1 aromatic heterocycles. The maximum Gasteiger partial charge on any atom is 0.111 e. The number of aromatic nitrogens is 2. The highest BCUT2D eigenvalue weighted by Crippen LogP contribution is 2.28. The summed E-state index contributed by atoms with van der Waals surface area (Å²) in [4.78, 5) is 4.86. The zero-order valence-electron chi connectivity index (χ0n) is 12.3. The van der Waals surface area contributed by atoms with Crippen molar-refractivity contribution in [3.63, 3.8) is 0 Å². The molecule has 3 nitrogen and oxygen atoms in total. The molecule has 2 aromatic rings. The monoisotopic (exact) mass is 289 g/mol. The fraction of sp³-hybridized carbons (Fsp3) is 0.562. The minimum absolute atomic E-state index is 0.548. The third-order valence-electron chi connectivity index (χ3n) is 4.36. The summed E-state index contributed by atoms with van der Waals surface area (Å²) in [6.07, 6.45) is 2.37. The lowest BCUT2D eigenvalue weighted by Crippen LogP contribution is -2.36. The fourth-order valence-electron chi connectivity index (χ4n) is 3.21. The first-order chi connectivity index (χ1) is 9.83. The normalized spacial score (nSPS) is 20.6. The van der Waals surface area contributed by atoms with Crippen LogP contribution in [0.15, 0.2) is 24.3 Å². The van der Waals surface area contributed by atoms with E-state index in [1.54, 1.807) is 0 Å². The first-order valence-electron chi connectivity index (χ1n) is 7.52. The van der Waals surface area contributed by atoms with Crippen molar-refractivity contribution in [2.75, 3.05) is 18.6 Å². The van der Waals surface area contributed by atoms with Gasteiger partial charge in [-0.1, -0.05) is 12.1 Å². The molecular weight excluding hydrogens is 266 g/mol. The summed E-state index contributed by atoms with van der Waals surface area (Å²) in [5, 5.41) is 3.52. The molecule has 1 N–H and O–H groups in total. The first kappa shape index (κ1) is 14.0. The van der Waals surface area contributed by atoms with E-state index in [4.69, 9.17) is 4.98 Å². The minimum Gasteiger partial charge on any atom is -0.328 e. The van der Waals surface area contributed by atoms with E-state index in [0.29, 0.717) is 6.04 Å². The summed E-state index contributed by atoms with van der Waals surface area (Å²) in [7, 11) is 2.09. The molecule has 2 atom stereocenters. The molecule has 0 aliphatic carbocycles. The Morgan fingerprint density at radius 1 is 1.45 bits per heavy atom. The van der Waals surface area contributed by atoms with Crippen LogP contribution in [0.1, 0.15) is 19.2 Å². The number of hydrogen-bond acceptors (Lipinski definition) is 3. The van der Waals surface area contributed by atoms with Crippen LogP contribution in [0.25, 0.3) is 11.0 Å². The van der Waals surface area contributed by atoms with Crippen LogP contribution in [0.5, 0.6) is 0 Å². The minimum atomic E-state index is 0.548. The number of nitrogens with zero attached hydrogens (tertiary/aromatic N) is 2. The number of likely N-dealkylation sites (N-methyl/N-ethyl adjacent to an activating group) is 1. The van der Waals surface area contributed by atoms with Gasteiger partial charge in [-0.25, -0.2) is 4.98 Å². The number of nitrogens with one attached hydrogen (secondary N) is 1. The van der Waals surface area contributed by atoms with Crippen LogP contribution in [-0.2, 0) is 13.0 Å². The number of fused-ring (bicyclic) bond motifs is 1. The second-order valence-corrected chi connectivity index (χ2v) is 6.63. The molecule has 1 saturated heterocycles. The predicted molar refractivity (Wildman–Crippen MR) is 87.4 cm³/mol. The van der Waals surface area contributed by atoms with Gasteiger partial charge in [-0.3, -0.25) is 0 Å². The van der Waals surface area contributed by atoms with Gasteiger partial charge >= 0.3 is 0 Å². The van der Waals surface area contributed by atoms with Crippen LogP contribution in [0.2, 0.25) is 0 Å². The zero-order valence-corrected chi connectivity index (χ0v) is 13.1. The maximum atomic E-state index is 4.86. The largest absolute Gasteiger partial charge is 0.328 e. The van der Waals surface area contributed by atoms with Gasteiger partial charge in [-0.15, -0.1) is 0 Å². The maximum absolute atomic E-state index is 4.86. The molecule has 20 heavy (non-hydrogen) atoms. The molecule has 4 heteroatoms. The topological polar surface area (TPSA) is 29.9 Å². The highest BCUT2D eigenvalue weighted by Gasteiger charge is 2.26. The van der Waals surface area contributed by atoms with Gasteiger partial charge in [0.05, 0.1) is 11.0 Å². The molecule has 1 aromatic carbocycles. The molecule has 0 saturated carbocycles. The fourth-order valence-corrected chi connectivity index (χ4v) is 4.54. The average molecular weight is 289 g/mol. The van der Waals surface area contributed by atoms with Crippen molar-refractivity contribution in [3.8, 4) is 0 Å². The molecular formula is C16H23N3S. The number of aryl methyl sites for hydroxylation is 1. The molecule has 0 spiro atoms. The van der Waals surface area contributed by atoms with Gasteiger partial charge in [0.2, 0.25) is 0 Å². The van der Waals surface area contributed by atoms with E-state index >= 15 is 0 Å². The predicted octanol–water partition coefficient (Wildman–Crippen LogP) is 2.94. The van der Waals surface area contributed by atoms with Gasteiger partial charge < -0.3 is 9.88 Å². The highest BCUT2D eigenvalue weighted by molar-refractivity contribution is 7.99. The Morgan fingerprint density at radius 2 is 2.30 bits per heavy atom. The molecule has 3 rings (SSSR count). The van der Waals surface area contributed by atoms with Gasteiger partial charge in [0.25, 0.3) is 0 Å². The number of rotatable bonds is 5. The summed E-state index contributed by atoms with van der Waals surface area (Å²) in [6.45, 7) is 3.20. The van der Waals surface area contributed by atoms with E-state index in [-0.39, 0.29) is 0 Å². The number of hydrogen-bond donors (Lipinski definition) is 1. The lowest BCUT2D eigenvalue weighted by atomic mass is 9.96. The Morgan fingerprint density at radius 3 is 3.00 bits per heavy atom. The van der Waals surface area contributed by atoms with Crippen molar-refractivity contribution in [1.82, 2.24) is 14.9 Å². The molecule has 108 valence electrons. The van der Waals surface area contributed by atoms with Crippen LogP contribution >= 0.6 is 11.8 Å². The molecule has 1 fully saturated rings. The molecule has 1 aliphatic heterocycles. The quantitative estimate of drug-likeness (QED) is 0.918. The van der Waals surface area contributed by atoms with Gasteiger partial charge in [0.1, 0.15) is 5.82 Å². The van der Waals surface area contributed by atoms with Crippen molar-refractivity contribution in [2.24, 2.45) is 5.92 Å². The van der Waals surface area contributed by atoms with Gasteiger partial charge in [-0.2, -0.15) is 11.8 Å². The van der Waals surface area contributed by atoms with Crippen molar-refractivity contribution in [2.45, 2.75) is 32.4 Å². The number of benzene rings is 1. The third-order valence-corrected chi connectivity index (χ3v) is 5.55. The standard InChI is InChI=1S/C16H23N3S/c1-3-19-15-7-5-4-6-13(15)18-16(19)10-14(17-2)12-8-9-20-11-12/h4-7,12,14,17H,3,8-11H2,1-2H3. The number of imidazole rings is 1. The molecule has 2 unspecified atom stereocenters. The van der Waals surface area contributed by atoms with Gasteiger partial charge in [0.15, 0.2) is 0 Å². The van der Waals surface area contributed by atoms with Gasteiger partial charge in [-0.05, 0) is 49.9 Å². The second kappa shape index (κ2) is 6.19.